The maximum atomic E-state index is 13.9. The third-order valence-corrected chi connectivity index (χ3v) is 4.96. The number of hydrogen-bond acceptors (Lipinski definition) is 5. The van der Waals surface area contributed by atoms with Crippen molar-refractivity contribution in [3.63, 3.8) is 0 Å². The average molecular weight is 395 g/mol. The van der Waals surface area contributed by atoms with Crippen LogP contribution in [0, 0.1) is 11.6 Å². The van der Waals surface area contributed by atoms with Crippen LogP contribution in [0.1, 0.15) is 39.5 Å². The summed E-state index contributed by atoms with van der Waals surface area (Å²) in [4.78, 5) is 21.1. The van der Waals surface area contributed by atoms with Gasteiger partial charge >= 0.3 is 6.09 Å². The number of hydrogen-bond donors (Lipinski definition) is 0. The van der Waals surface area contributed by atoms with Gasteiger partial charge in [-0.3, -0.25) is 0 Å². The molecule has 28 heavy (non-hydrogen) atoms. The van der Waals surface area contributed by atoms with E-state index in [0.29, 0.717) is 57.5 Å². The largest absolute Gasteiger partial charge is 0.447 e. The van der Waals surface area contributed by atoms with E-state index in [1.165, 1.54) is 6.07 Å². The Hall–Kier alpha value is -2.38. The van der Waals surface area contributed by atoms with E-state index in [1.54, 1.807) is 4.90 Å². The van der Waals surface area contributed by atoms with Crippen LogP contribution in [0.25, 0.3) is 0 Å². The lowest BCUT2D eigenvalue weighted by atomic mass is 10.1. The molecule has 0 saturated carbocycles. The SMILES string of the molecule is CC(C)OC(=O)N1CCC(ON=C2CCN(c3cc(F)ccc3F)CC2)CC1. The molecule has 6 nitrogen and oxygen atoms in total. The first-order valence-corrected chi connectivity index (χ1v) is 9.79. The number of carbonyl (C=O) groups excluding carboxylic acids is 1. The minimum Gasteiger partial charge on any atom is -0.447 e. The fourth-order valence-electron chi connectivity index (χ4n) is 3.39. The molecule has 154 valence electrons. The molecule has 8 heteroatoms. The molecule has 0 aromatic heterocycles. The third kappa shape index (κ3) is 5.33. The lowest BCUT2D eigenvalue weighted by molar-refractivity contribution is 0.00415. The molecule has 1 aromatic carbocycles. The van der Waals surface area contributed by atoms with Gasteiger partial charge in [0, 0.05) is 57.9 Å². The van der Waals surface area contributed by atoms with Crippen LogP contribution in [0.15, 0.2) is 23.4 Å². The Morgan fingerprint density at radius 2 is 1.82 bits per heavy atom. The van der Waals surface area contributed by atoms with Gasteiger partial charge in [0.05, 0.1) is 17.5 Å². The summed E-state index contributed by atoms with van der Waals surface area (Å²) in [7, 11) is 0. The standard InChI is InChI=1S/C20H27F2N3O3/c1-14(2)27-20(26)25-11-7-17(8-12-25)28-23-16-5-9-24(10-6-16)19-13-15(21)3-4-18(19)22/h3-4,13-14,17H,5-12H2,1-2H3. The van der Waals surface area contributed by atoms with Crippen molar-refractivity contribution in [2.24, 2.45) is 5.16 Å². The second-order valence-corrected chi connectivity index (χ2v) is 7.46. The Bertz CT molecular complexity index is 709. The van der Waals surface area contributed by atoms with E-state index in [0.717, 1.165) is 17.8 Å². The van der Waals surface area contributed by atoms with Crippen molar-refractivity contribution in [2.75, 3.05) is 31.1 Å². The molecular weight excluding hydrogens is 368 g/mol. The molecule has 2 aliphatic heterocycles. The molecule has 2 saturated heterocycles. The van der Waals surface area contributed by atoms with Gasteiger partial charge in [-0.25, -0.2) is 13.6 Å². The van der Waals surface area contributed by atoms with E-state index >= 15 is 0 Å². The maximum Gasteiger partial charge on any atom is 0.410 e. The van der Waals surface area contributed by atoms with Crippen LogP contribution < -0.4 is 4.90 Å². The van der Waals surface area contributed by atoms with E-state index in [4.69, 9.17) is 9.57 Å². The first kappa shape index (κ1) is 20.4. The molecule has 2 heterocycles. The van der Waals surface area contributed by atoms with Crippen molar-refractivity contribution in [1.82, 2.24) is 4.90 Å². The Morgan fingerprint density at radius 3 is 2.46 bits per heavy atom. The first-order chi connectivity index (χ1) is 13.4. The van der Waals surface area contributed by atoms with E-state index < -0.39 is 11.6 Å². The van der Waals surface area contributed by atoms with E-state index in [1.807, 2.05) is 18.7 Å². The number of ether oxygens (including phenoxy) is 1. The monoisotopic (exact) mass is 395 g/mol. The molecule has 0 N–H and O–H groups in total. The van der Waals surface area contributed by atoms with Crippen LogP contribution in [-0.2, 0) is 9.57 Å². The minimum absolute atomic E-state index is 0.0192. The van der Waals surface area contributed by atoms with Gasteiger partial charge in [-0.1, -0.05) is 5.16 Å². The van der Waals surface area contributed by atoms with Crippen molar-refractivity contribution < 1.29 is 23.1 Å². The normalized spacial score (nSPS) is 18.4. The Labute approximate surface area is 164 Å². The molecule has 0 unspecified atom stereocenters. The van der Waals surface area contributed by atoms with Crippen LogP contribution in [0.3, 0.4) is 0 Å². The van der Waals surface area contributed by atoms with E-state index in [9.17, 15) is 13.6 Å². The lowest BCUT2D eigenvalue weighted by Gasteiger charge is -2.32. The van der Waals surface area contributed by atoms with Crippen LogP contribution in [-0.4, -0.2) is 55.1 Å². The summed E-state index contributed by atoms with van der Waals surface area (Å²) in [5.41, 5.74) is 1.22. The van der Waals surface area contributed by atoms with Crippen molar-refractivity contribution in [3.8, 4) is 0 Å². The van der Waals surface area contributed by atoms with Gasteiger partial charge in [0.2, 0.25) is 0 Å². The zero-order valence-electron chi connectivity index (χ0n) is 16.4. The maximum absolute atomic E-state index is 13.9. The fourth-order valence-corrected chi connectivity index (χ4v) is 3.39. The number of piperidine rings is 2. The molecule has 0 atom stereocenters. The molecular formula is C20H27F2N3O3. The van der Waals surface area contributed by atoms with Crippen LogP contribution in [0.5, 0.6) is 0 Å². The minimum atomic E-state index is -0.442. The van der Waals surface area contributed by atoms with Crippen molar-refractivity contribution >= 4 is 17.5 Å². The number of benzene rings is 1. The summed E-state index contributed by atoms with van der Waals surface area (Å²) in [6.45, 7) is 5.99. The van der Waals surface area contributed by atoms with Crippen LogP contribution in [0.4, 0.5) is 19.3 Å². The third-order valence-electron chi connectivity index (χ3n) is 4.96. The highest BCUT2D eigenvalue weighted by molar-refractivity contribution is 5.86. The summed E-state index contributed by atoms with van der Waals surface area (Å²) in [6.07, 6.45) is 2.30. The first-order valence-electron chi connectivity index (χ1n) is 9.79. The Kier molecular flexibility index (Phi) is 6.70. The highest BCUT2D eigenvalue weighted by Gasteiger charge is 2.26. The molecule has 1 amide bonds. The molecule has 3 rings (SSSR count). The Balaban J connectivity index is 1.43. The van der Waals surface area contributed by atoms with Gasteiger partial charge < -0.3 is 19.4 Å². The number of carbonyl (C=O) groups is 1. The molecule has 0 radical (unpaired) electrons. The smallest absolute Gasteiger partial charge is 0.410 e. The summed E-state index contributed by atoms with van der Waals surface area (Å²) >= 11 is 0. The van der Waals surface area contributed by atoms with Crippen molar-refractivity contribution in [2.45, 2.75) is 51.7 Å². The molecule has 2 fully saturated rings. The number of oxime groups is 1. The second-order valence-electron chi connectivity index (χ2n) is 7.46. The second kappa shape index (κ2) is 9.21. The number of amides is 1. The van der Waals surface area contributed by atoms with Crippen LogP contribution in [0.2, 0.25) is 0 Å². The number of halogens is 2. The topological polar surface area (TPSA) is 54.4 Å². The van der Waals surface area contributed by atoms with Crippen molar-refractivity contribution in [3.05, 3.63) is 29.8 Å². The molecule has 0 bridgehead atoms. The summed E-state index contributed by atoms with van der Waals surface area (Å²) in [5, 5.41) is 4.28. The summed E-state index contributed by atoms with van der Waals surface area (Å²) in [6, 6.07) is 3.50. The van der Waals surface area contributed by atoms with Gasteiger partial charge in [0.1, 0.15) is 17.7 Å². The zero-order valence-corrected chi connectivity index (χ0v) is 16.4. The number of nitrogens with zero attached hydrogens (tertiary/aromatic N) is 3. The molecule has 2 aliphatic rings. The molecule has 1 aromatic rings. The fraction of sp³-hybridized carbons (Fsp3) is 0.600. The number of anilines is 1. The summed E-state index contributed by atoms with van der Waals surface area (Å²) < 4.78 is 32.5. The Morgan fingerprint density at radius 1 is 1.14 bits per heavy atom. The lowest BCUT2D eigenvalue weighted by Crippen LogP contribution is -2.41. The van der Waals surface area contributed by atoms with Gasteiger partial charge in [0.25, 0.3) is 0 Å². The molecule has 0 spiro atoms. The van der Waals surface area contributed by atoms with Gasteiger partial charge in [-0.2, -0.15) is 0 Å². The van der Waals surface area contributed by atoms with Gasteiger partial charge in [0.15, 0.2) is 0 Å². The van der Waals surface area contributed by atoms with E-state index in [-0.39, 0.29) is 18.3 Å². The summed E-state index contributed by atoms with van der Waals surface area (Å²) in [5.74, 6) is -0.858. The quantitative estimate of drug-likeness (QED) is 0.725. The van der Waals surface area contributed by atoms with E-state index in [2.05, 4.69) is 5.16 Å². The molecule has 0 aliphatic carbocycles. The van der Waals surface area contributed by atoms with Gasteiger partial charge in [-0.05, 0) is 26.0 Å². The highest BCUT2D eigenvalue weighted by atomic mass is 19.1. The predicted octanol–water partition coefficient (Wildman–Crippen LogP) is 3.95. The predicted molar refractivity (Wildman–Crippen MR) is 103 cm³/mol. The average Bonchev–Trinajstić information content (AvgIpc) is 2.68. The number of likely N-dealkylation sites (tertiary alicyclic amines) is 1. The van der Waals surface area contributed by atoms with Gasteiger partial charge in [-0.15, -0.1) is 0 Å². The zero-order chi connectivity index (χ0) is 20.1. The highest BCUT2D eigenvalue weighted by Crippen LogP contribution is 2.24. The number of rotatable bonds is 4. The van der Waals surface area contributed by atoms with Crippen molar-refractivity contribution in [1.29, 1.82) is 0 Å². The van der Waals surface area contributed by atoms with Crippen LogP contribution >= 0.6 is 0 Å².